The summed E-state index contributed by atoms with van der Waals surface area (Å²) in [5.74, 6) is 18.7. The highest BCUT2D eigenvalue weighted by molar-refractivity contribution is 5.59. The summed E-state index contributed by atoms with van der Waals surface area (Å²) in [5.41, 5.74) is 3.61. The van der Waals surface area contributed by atoms with Crippen molar-refractivity contribution in [1.82, 2.24) is 0 Å². The molecule has 0 N–H and O–H groups in total. The summed E-state index contributed by atoms with van der Waals surface area (Å²) >= 11 is 0. The second kappa shape index (κ2) is 12.5. The predicted molar refractivity (Wildman–Crippen MR) is 231 cm³/mol. The molecular weight excluding hydrogens is 649 g/mol. The third kappa shape index (κ3) is 3.04. The van der Waals surface area contributed by atoms with Gasteiger partial charge in [-0.3, -0.25) is 0 Å². The molecule has 6 unspecified atom stereocenters. The number of fused-ring (bicyclic) bond motifs is 2. The molecule has 0 nitrogen and oxygen atoms in total. The lowest BCUT2D eigenvalue weighted by atomic mass is 8.90. The van der Waals surface area contributed by atoms with Crippen molar-refractivity contribution < 1.29 is 0 Å². The van der Waals surface area contributed by atoms with E-state index in [-0.39, 0.29) is 0 Å². The van der Waals surface area contributed by atoms with Gasteiger partial charge in [0, 0.05) is 0 Å². The van der Waals surface area contributed by atoms with Crippen molar-refractivity contribution in [2.75, 3.05) is 0 Å². The number of rotatable bonds is 18. The summed E-state index contributed by atoms with van der Waals surface area (Å²) < 4.78 is 0. The van der Waals surface area contributed by atoms with E-state index in [1.807, 2.05) is 0 Å². The first-order chi connectivity index (χ1) is 26.1. The molecule has 0 aromatic rings. The second-order valence-electron chi connectivity index (χ2n) is 23.1. The Kier molecular flexibility index (Phi) is 9.15. The van der Waals surface area contributed by atoms with Gasteiger partial charge in [-0.05, 0) is 158 Å². The summed E-state index contributed by atoms with van der Waals surface area (Å²) in [6.45, 7) is 41.0. The van der Waals surface area contributed by atoms with Crippen LogP contribution in [0.1, 0.15) is 194 Å². The molecule has 9 fully saturated rings. The molecule has 308 valence electrons. The monoisotopic (exact) mass is 741 g/mol. The maximum atomic E-state index is 2.91. The lowest BCUT2D eigenvalue weighted by Crippen LogP contribution is -3.11. The third-order valence-electron chi connectivity index (χ3n) is 24.8. The lowest BCUT2D eigenvalue weighted by molar-refractivity contribution is -0.674. The van der Waals surface area contributed by atoms with Gasteiger partial charge in [-0.1, -0.05) is 181 Å². The molecule has 0 amide bonds. The fraction of sp³-hybridized carbons (Fsp3) is 1.00. The molecule has 9 saturated carbocycles. The topological polar surface area (TPSA) is 0 Å². The second-order valence-corrected chi connectivity index (χ2v) is 23.1. The molecule has 21 atom stereocenters. The highest BCUT2D eigenvalue weighted by Crippen LogP contribution is 3.16. The Bertz CT molecular complexity index is 1430. The lowest BCUT2D eigenvalue weighted by Gasteiger charge is -3.13. The molecular formula is C54H92. The van der Waals surface area contributed by atoms with E-state index in [0.29, 0.717) is 32.5 Å². The smallest absolute Gasteiger partial charge is 0.00970 e. The van der Waals surface area contributed by atoms with Crippen LogP contribution in [0.25, 0.3) is 0 Å². The first-order valence-electron chi connectivity index (χ1n) is 26.1. The Balaban J connectivity index is 1.46. The first-order valence-corrected chi connectivity index (χ1v) is 26.1. The average Bonchev–Trinajstić information content (AvgIpc) is 3.39. The zero-order valence-corrected chi connectivity index (χ0v) is 38.9. The molecule has 0 radical (unpaired) electrons. The third-order valence-corrected chi connectivity index (χ3v) is 24.8. The molecule has 9 aliphatic carbocycles. The number of hydrogen-bond donors (Lipinski definition) is 0. The van der Waals surface area contributed by atoms with Crippen LogP contribution in [0, 0.1) is 145 Å². The van der Waals surface area contributed by atoms with E-state index in [9.17, 15) is 0 Å². The molecule has 54 heavy (non-hydrogen) atoms. The Morgan fingerprint density at radius 2 is 0.722 bits per heavy atom. The molecule has 0 heteroatoms. The van der Waals surface area contributed by atoms with Gasteiger partial charge in [0.15, 0.2) is 0 Å². The highest BCUT2D eigenvalue weighted by Gasteiger charge is 3.14. The molecule has 0 aromatic carbocycles. The summed E-state index contributed by atoms with van der Waals surface area (Å²) in [5, 5.41) is 0. The van der Waals surface area contributed by atoms with Crippen LogP contribution in [0.15, 0.2) is 0 Å². The fourth-order valence-electron chi connectivity index (χ4n) is 25.9. The van der Waals surface area contributed by atoms with Gasteiger partial charge < -0.3 is 0 Å². The molecule has 0 aliphatic heterocycles. The van der Waals surface area contributed by atoms with Crippen molar-refractivity contribution in [3.63, 3.8) is 0 Å². The number of hydrogen-bond acceptors (Lipinski definition) is 0. The molecule has 0 aromatic heterocycles. The van der Waals surface area contributed by atoms with Crippen molar-refractivity contribution in [1.29, 1.82) is 0 Å². The van der Waals surface area contributed by atoms with Gasteiger partial charge in [0.25, 0.3) is 0 Å². The highest BCUT2D eigenvalue weighted by atomic mass is 15.2. The molecule has 0 saturated heterocycles. The van der Waals surface area contributed by atoms with Gasteiger partial charge in [0.2, 0.25) is 0 Å². The summed E-state index contributed by atoms with van der Waals surface area (Å²) in [7, 11) is 0. The SMILES string of the molecule is CCCC1C2C(C)[C@@H](C)[C@@H]3[C@@H]4[C@@H]5[C@@H]6[C@@H]7[C@@H]8[C@H]2[C@@]1(C(CC)CC)[C@]8(C(CC)CC)[C@]7(C(CC)CC)[C@@]61C(CC)C(C)C(CC)[C@@]51[C@]4(C(CC)CC)[C@@H]3CCC. The van der Waals surface area contributed by atoms with Gasteiger partial charge >= 0.3 is 0 Å². The van der Waals surface area contributed by atoms with Gasteiger partial charge in [-0.25, -0.2) is 0 Å². The summed E-state index contributed by atoms with van der Waals surface area (Å²) in [4.78, 5) is 0. The first kappa shape index (κ1) is 39.5. The van der Waals surface area contributed by atoms with Gasteiger partial charge in [-0.2, -0.15) is 0 Å². The minimum absolute atomic E-state index is 0.582. The van der Waals surface area contributed by atoms with Crippen molar-refractivity contribution in [3.05, 3.63) is 0 Å². The molecule has 9 aliphatic rings. The largest absolute Gasteiger partial charge is 0.0654 e. The van der Waals surface area contributed by atoms with Crippen LogP contribution >= 0.6 is 0 Å². The van der Waals surface area contributed by atoms with E-state index in [0.717, 1.165) is 112 Å². The molecule has 2 spiro atoms. The molecule has 0 bridgehead atoms. The van der Waals surface area contributed by atoms with Gasteiger partial charge in [-0.15, -0.1) is 0 Å². The Labute approximate surface area is 337 Å². The quantitative estimate of drug-likeness (QED) is 0.131. The van der Waals surface area contributed by atoms with Crippen molar-refractivity contribution >= 4 is 0 Å². The minimum atomic E-state index is 0.582. The van der Waals surface area contributed by atoms with E-state index in [1.165, 1.54) is 89.9 Å². The van der Waals surface area contributed by atoms with Crippen LogP contribution in [0.5, 0.6) is 0 Å². The van der Waals surface area contributed by atoms with Crippen LogP contribution in [0.2, 0.25) is 0 Å². The standard InChI is InChI=1S/C54H92/c1-16-28-39-41-30(13)31(14)42-40(29-17-2)50(34(20-5)21-6)44(42)46-48-47-45-43(41)49(39,33(18-3)19-4)51(45,35(22-7)23-8)52(47,36(24-9)25-10)54(48)38(27-12)32(15)37(26-11)53(46,50)54/h30-48H,16-29H2,1-15H3/t30?,31-,32?,37?,38?,39?,40-,41?,42+,43+,44-,45+,46-,47+,48-,49+,50-,51-,52-,53+,54-/m1/s1. The van der Waals surface area contributed by atoms with Crippen LogP contribution in [0.3, 0.4) is 0 Å². The molecule has 9 rings (SSSR count). The zero-order chi connectivity index (χ0) is 38.9. The average molecular weight is 741 g/mol. The Hall–Kier alpha value is 0. The Morgan fingerprint density at radius 1 is 0.352 bits per heavy atom. The predicted octanol–water partition coefficient (Wildman–Crippen LogP) is 15.5. The van der Waals surface area contributed by atoms with E-state index < -0.39 is 0 Å². The van der Waals surface area contributed by atoms with Crippen molar-refractivity contribution in [2.24, 2.45) is 145 Å². The van der Waals surface area contributed by atoms with Crippen LogP contribution in [-0.4, -0.2) is 0 Å². The minimum Gasteiger partial charge on any atom is -0.0654 e. The van der Waals surface area contributed by atoms with Gasteiger partial charge in [0.1, 0.15) is 0 Å². The maximum absolute atomic E-state index is 2.91. The fourth-order valence-corrected chi connectivity index (χ4v) is 25.9. The van der Waals surface area contributed by atoms with Crippen LogP contribution < -0.4 is 0 Å². The van der Waals surface area contributed by atoms with Crippen molar-refractivity contribution in [2.45, 2.75) is 194 Å². The van der Waals surface area contributed by atoms with Crippen LogP contribution in [-0.2, 0) is 0 Å². The van der Waals surface area contributed by atoms with Gasteiger partial charge in [0.05, 0.1) is 0 Å². The Morgan fingerprint density at radius 3 is 1.17 bits per heavy atom. The summed E-state index contributed by atoms with van der Waals surface area (Å²) in [6, 6.07) is 0. The van der Waals surface area contributed by atoms with Crippen molar-refractivity contribution in [3.8, 4) is 0 Å². The normalized spacial score (nSPS) is 57.3. The molecule has 0 heterocycles. The summed E-state index contributed by atoms with van der Waals surface area (Å²) in [6.07, 6.45) is 20.4. The van der Waals surface area contributed by atoms with E-state index in [1.54, 1.807) is 0 Å². The van der Waals surface area contributed by atoms with Crippen LogP contribution in [0.4, 0.5) is 0 Å². The zero-order valence-electron chi connectivity index (χ0n) is 38.9. The van der Waals surface area contributed by atoms with E-state index >= 15 is 0 Å². The van der Waals surface area contributed by atoms with E-state index in [4.69, 9.17) is 0 Å². The maximum Gasteiger partial charge on any atom is -0.00970 e. The van der Waals surface area contributed by atoms with E-state index in [2.05, 4.69) is 104 Å².